The van der Waals surface area contributed by atoms with E-state index in [9.17, 15) is 19.2 Å². The number of thioether (sulfide) groups is 1. The maximum atomic E-state index is 14.4. The Morgan fingerprint density at radius 3 is 2.30 bits per heavy atom. The number of hydrogen-bond acceptors (Lipinski definition) is 8. The number of amides is 3. The number of nitrogens with zero attached hydrogens (tertiary/aromatic N) is 3. The van der Waals surface area contributed by atoms with Gasteiger partial charge in [-0.15, -0.1) is 23.1 Å². The molecule has 0 bridgehead atoms. The summed E-state index contributed by atoms with van der Waals surface area (Å²) in [6.07, 6.45) is 2.97. The van der Waals surface area contributed by atoms with Crippen molar-refractivity contribution >= 4 is 57.6 Å². The van der Waals surface area contributed by atoms with Gasteiger partial charge in [-0.2, -0.15) is 0 Å². The second-order valence-corrected chi connectivity index (χ2v) is 12.6. The lowest BCUT2D eigenvalue weighted by atomic mass is 10.1. The number of thiazole rings is 1. The minimum Gasteiger partial charge on any atom is -0.444 e. The van der Waals surface area contributed by atoms with Gasteiger partial charge < -0.3 is 10.1 Å². The third-order valence-corrected chi connectivity index (χ3v) is 9.51. The molecule has 1 saturated heterocycles. The zero-order valence-corrected chi connectivity index (χ0v) is 25.6. The molecular weight excluding hydrogens is 597 g/mol. The second kappa shape index (κ2) is 13.0. The molecule has 1 aliphatic heterocycles. The van der Waals surface area contributed by atoms with Crippen LogP contribution in [0.5, 0.6) is 0 Å². The van der Waals surface area contributed by atoms with Crippen LogP contribution in [0.3, 0.4) is 0 Å². The van der Waals surface area contributed by atoms with Gasteiger partial charge in [-0.3, -0.25) is 24.2 Å². The highest BCUT2D eigenvalue weighted by atomic mass is 32.2. The maximum absolute atomic E-state index is 14.4. The molecule has 3 amide bonds. The number of anilines is 2. The Bertz CT molecular complexity index is 1640. The molecule has 9 nitrogen and oxygen atoms in total. The Hall–Kier alpha value is -4.48. The summed E-state index contributed by atoms with van der Waals surface area (Å²) in [6.45, 7) is 1.55. The number of nitrogens with one attached hydrogen (secondary N) is 1. The Labute approximate surface area is 263 Å². The molecule has 2 fully saturated rings. The summed E-state index contributed by atoms with van der Waals surface area (Å²) in [5, 5.41) is 4.69. The van der Waals surface area contributed by atoms with Gasteiger partial charge in [-0.1, -0.05) is 54.6 Å². The van der Waals surface area contributed by atoms with E-state index in [0.717, 1.165) is 24.0 Å². The molecule has 0 spiro atoms. The molecule has 1 aliphatic carbocycles. The van der Waals surface area contributed by atoms with Crippen LogP contribution in [-0.2, 0) is 16.1 Å². The van der Waals surface area contributed by atoms with Crippen LogP contribution < -0.4 is 10.2 Å². The standard InChI is InChI=1S/C33H30N4O5S2/c1-21(38)23-7-9-25(10-8-23)31-37(33(41)42-19-22-5-3-2-4-6-22)28(20-44-31)30(40)36(32-34-17-18-43-32)27-15-11-24(12-16-27)29(39)35-26-13-14-26/h2-12,15-18,26,28,31H,13-14,19-20H2,1H3,(H,35,39). The van der Waals surface area contributed by atoms with Crippen molar-refractivity contribution in [2.75, 3.05) is 10.7 Å². The Balaban J connectivity index is 1.30. The molecule has 0 radical (unpaired) electrons. The van der Waals surface area contributed by atoms with Crippen LogP contribution in [0, 0.1) is 0 Å². The van der Waals surface area contributed by atoms with Crippen molar-refractivity contribution in [1.82, 2.24) is 15.2 Å². The molecular formula is C33H30N4O5S2. The number of benzene rings is 3. The van der Waals surface area contributed by atoms with Crippen LogP contribution in [0.2, 0.25) is 0 Å². The molecule has 1 N–H and O–H groups in total. The van der Waals surface area contributed by atoms with Crippen LogP contribution >= 0.6 is 23.1 Å². The Morgan fingerprint density at radius 1 is 0.955 bits per heavy atom. The van der Waals surface area contributed by atoms with Gasteiger partial charge in [0.25, 0.3) is 11.8 Å². The number of ether oxygens (including phenoxy) is 1. The Morgan fingerprint density at radius 2 is 1.66 bits per heavy atom. The molecule has 4 aromatic rings. The summed E-state index contributed by atoms with van der Waals surface area (Å²) >= 11 is 2.75. The van der Waals surface area contributed by atoms with Gasteiger partial charge in [0.15, 0.2) is 10.9 Å². The van der Waals surface area contributed by atoms with E-state index in [-0.39, 0.29) is 30.2 Å². The molecule has 2 aliphatic rings. The molecule has 44 heavy (non-hydrogen) atoms. The van der Waals surface area contributed by atoms with Crippen LogP contribution in [0.4, 0.5) is 15.6 Å². The minimum atomic E-state index is -0.873. The van der Waals surface area contributed by atoms with Gasteiger partial charge in [-0.05, 0) is 55.2 Å². The number of Topliss-reactive ketones (excluding diaryl/α,β-unsaturated/α-hetero) is 1. The number of aromatic nitrogens is 1. The highest BCUT2D eigenvalue weighted by Gasteiger charge is 2.45. The average Bonchev–Trinajstić information content (AvgIpc) is 3.49. The van der Waals surface area contributed by atoms with Crippen molar-refractivity contribution < 1.29 is 23.9 Å². The smallest absolute Gasteiger partial charge is 0.412 e. The van der Waals surface area contributed by atoms with Crippen molar-refractivity contribution in [2.24, 2.45) is 0 Å². The van der Waals surface area contributed by atoms with E-state index in [2.05, 4.69) is 10.3 Å². The summed E-state index contributed by atoms with van der Waals surface area (Å²) in [5.74, 6) is -0.230. The molecule has 3 aromatic carbocycles. The normalized spacial score (nSPS) is 17.6. The van der Waals surface area contributed by atoms with Crippen molar-refractivity contribution in [3.8, 4) is 0 Å². The summed E-state index contributed by atoms with van der Waals surface area (Å²) in [6, 6.07) is 22.6. The third kappa shape index (κ3) is 6.53. The van der Waals surface area contributed by atoms with Crippen molar-refractivity contribution in [2.45, 2.75) is 43.8 Å². The lowest BCUT2D eigenvalue weighted by molar-refractivity contribution is -0.121. The second-order valence-electron chi connectivity index (χ2n) is 10.6. The largest absolute Gasteiger partial charge is 0.444 e. The molecule has 224 valence electrons. The number of carbonyl (C=O) groups is 4. The molecule has 2 atom stereocenters. The van der Waals surface area contributed by atoms with Crippen LogP contribution in [0.1, 0.15) is 57.0 Å². The van der Waals surface area contributed by atoms with E-state index in [1.165, 1.54) is 39.8 Å². The molecule has 1 saturated carbocycles. The number of hydrogen-bond donors (Lipinski definition) is 1. The van der Waals surface area contributed by atoms with Gasteiger partial charge in [0.05, 0.1) is 5.69 Å². The van der Waals surface area contributed by atoms with Crippen LogP contribution in [0.15, 0.2) is 90.4 Å². The van der Waals surface area contributed by atoms with Gasteiger partial charge in [0.1, 0.15) is 18.0 Å². The maximum Gasteiger partial charge on any atom is 0.412 e. The number of carbonyl (C=O) groups excluding carboxylic acids is 4. The Kier molecular flexibility index (Phi) is 8.76. The van der Waals surface area contributed by atoms with E-state index in [1.807, 2.05) is 42.5 Å². The monoisotopic (exact) mass is 626 g/mol. The van der Waals surface area contributed by atoms with E-state index < -0.39 is 17.5 Å². The highest BCUT2D eigenvalue weighted by molar-refractivity contribution is 7.99. The highest BCUT2D eigenvalue weighted by Crippen LogP contribution is 2.43. The quantitative estimate of drug-likeness (QED) is 0.216. The van der Waals surface area contributed by atoms with Gasteiger partial charge >= 0.3 is 6.09 Å². The molecule has 6 rings (SSSR count). The van der Waals surface area contributed by atoms with Gasteiger partial charge in [-0.25, -0.2) is 9.78 Å². The fraction of sp³-hybridized carbons (Fsp3) is 0.242. The van der Waals surface area contributed by atoms with E-state index in [1.54, 1.807) is 48.0 Å². The topological polar surface area (TPSA) is 109 Å². The van der Waals surface area contributed by atoms with E-state index in [4.69, 9.17) is 4.74 Å². The first-order valence-electron chi connectivity index (χ1n) is 14.2. The summed E-state index contributed by atoms with van der Waals surface area (Å²) in [4.78, 5) is 60.0. The van der Waals surface area contributed by atoms with Gasteiger partial charge in [0.2, 0.25) is 0 Å². The zero-order valence-electron chi connectivity index (χ0n) is 23.9. The van der Waals surface area contributed by atoms with E-state index >= 15 is 0 Å². The minimum absolute atomic E-state index is 0.0539. The first-order chi connectivity index (χ1) is 21.4. The fourth-order valence-corrected chi connectivity index (χ4v) is 7.00. The first-order valence-corrected chi connectivity index (χ1v) is 16.2. The molecule has 2 heterocycles. The lowest BCUT2D eigenvalue weighted by Crippen LogP contribution is -2.48. The summed E-state index contributed by atoms with van der Waals surface area (Å²) in [5.41, 5.74) is 3.20. The predicted molar refractivity (Wildman–Crippen MR) is 170 cm³/mol. The van der Waals surface area contributed by atoms with Crippen molar-refractivity contribution in [3.63, 3.8) is 0 Å². The fourth-order valence-electron chi connectivity index (χ4n) is 4.92. The lowest BCUT2D eigenvalue weighted by Gasteiger charge is -2.31. The van der Waals surface area contributed by atoms with Crippen molar-refractivity contribution in [1.29, 1.82) is 0 Å². The molecule has 2 unspecified atom stereocenters. The van der Waals surface area contributed by atoms with Crippen LogP contribution in [-0.4, -0.2) is 51.4 Å². The summed E-state index contributed by atoms with van der Waals surface area (Å²) < 4.78 is 5.75. The van der Waals surface area contributed by atoms with E-state index in [0.29, 0.717) is 27.7 Å². The number of rotatable bonds is 9. The van der Waals surface area contributed by atoms with Gasteiger partial charge in [0, 0.05) is 34.5 Å². The SMILES string of the molecule is CC(=O)c1ccc(C2SCC(C(=O)N(c3ccc(C(=O)NC4CC4)cc3)c3nccs3)N2C(=O)OCc2ccccc2)cc1. The first kappa shape index (κ1) is 29.6. The molecule has 11 heteroatoms. The summed E-state index contributed by atoms with van der Waals surface area (Å²) in [7, 11) is 0. The number of ketones is 1. The predicted octanol–water partition coefficient (Wildman–Crippen LogP) is 6.36. The molecule has 1 aromatic heterocycles. The zero-order chi connectivity index (χ0) is 30.6. The average molecular weight is 627 g/mol. The van der Waals surface area contributed by atoms with Crippen LogP contribution in [0.25, 0.3) is 0 Å². The third-order valence-electron chi connectivity index (χ3n) is 7.43. The van der Waals surface area contributed by atoms with Crippen molar-refractivity contribution in [3.05, 3.63) is 113 Å².